The number of hydrogen-bond acceptors (Lipinski definition) is 1. The molecule has 92 valence electrons. The Morgan fingerprint density at radius 1 is 1.41 bits per heavy atom. The Hall–Kier alpha value is -1.06. The van der Waals surface area contributed by atoms with E-state index >= 15 is 0 Å². The first kappa shape index (κ1) is 12.4. The average Bonchev–Trinajstić information content (AvgIpc) is 2.54. The van der Waals surface area contributed by atoms with Crippen LogP contribution in [0.3, 0.4) is 0 Å². The summed E-state index contributed by atoms with van der Waals surface area (Å²) < 4.78 is 9.58. The van der Waals surface area contributed by atoms with E-state index in [1.54, 1.807) is 7.11 Å². The first-order chi connectivity index (χ1) is 8.15. The van der Waals surface area contributed by atoms with E-state index in [4.69, 9.17) is 16.3 Å². The van der Waals surface area contributed by atoms with E-state index in [0.717, 1.165) is 24.6 Å². The van der Waals surface area contributed by atoms with E-state index in [9.17, 15) is 0 Å². The number of aromatic nitrogens is 2. The maximum atomic E-state index is 6.04. The van der Waals surface area contributed by atoms with Crippen molar-refractivity contribution in [2.24, 2.45) is 7.05 Å². The van der Waals surface area contributed by atoms with Gasteiger partial charge in [0.25, 0.3) is 5.82 Å². The minimum absolute atomic E-state index is 0.780. The molecule has 17 heavy (non-hydrogen) atoms. The highest BCUT2D eigenvalue weighted by molar-refractivity contribution is 6.31. The molecule has 0 saturated carbocycles. The first-order valence-electron chi connectivity index (χ1n) is 5.78. The van der Waals surface area contributed by atoms with Crippen LogP contribution in [0.2, 0.25) is 5.02 Å². The molecule has 2 rings (SSSR count). The van der Waals surface area contributed by atoms with Crippen LogP contribution in [0.15, 0.2) is 18.2 Å². The lowest BCUT2D eigenvalue weighted by molar-refractivity contribution is -0.679. The molecule has 0 N–H and O–H groups in total. The number of benzene rings is 1. The third kappa shape index (κ3) is 2.31. The van der Waals surface area contributed by atoms with Gasteiger partial charge in [0.05, 0.1) is 13.6 Å². The minimum Gasteiger partial charge on any atom is -0.385 e. The Labute approximate surface area is 107 Å². The van der Waals surface area contributed by atoms with Crippen LogP contribution in [0.1, 0.15) is 12.2 Å². The summed E-state index contributed by atoms with van der Waals surface area (Å²) in [5.74, 6) is 1.23. The van der Waals surface area contributed by atoms with Gasteiger partial charge in [0.2, 0.25) is 0 Å². The second kappa shape index (κ2) is 5.07. The van der Waals surface area contributed by atoms with E-state index in [1.165, 1.54) is 16.9 Å². The number of fused-ring (bicyclic) bond motifs is 1. The van der Waals surface area contributed by atoms with E-state index in [2.05, 4.69) is 29.2 Å². The van der Waals surface area contributed by atoms with Crippen LogP contribution in [-0.4, -0.2) is 18.3 Å². The lowest BCUT2D eigenvalue weighted by Crippen LogP contribution is -2.36. The van der Waals surface area contributed by atoms with Gasteiger partial charge >= 0.3 is 0 Å². The van der Waals surface area contributed by atoms with Gasteiger partial charge in [-0.05, 0) is 12.1 Å². The maximum Gasteiger partial charge on any atom is 0.253 e. The fourth-order valence-corrected chi connectivity index (χ4v) is 2.34. The van der Waals surface area contributed by atoms with Gasteiger partial charge < -0.3 is 4.74 Å². The van der Waals surface area contributed by atoms with Crippen LogP contribution in [-0.2, 0) is 18.3 Å². The summed E-state index contributed by atoms with van der Waals surface area (Å²) in [6, 6.07) is 6.03. The summed E-state index contributed by atoms with van der Waals surface area (Å²) in [5.41, 5.74) is 2.40. The number of ether oxygens (including phenoxy) is 1. The van der Waals surface area contributed by atoms with E-state index in [1.807, 2.05) is 12.1 Å². The summed E-state index contributed by atoms with van der Waals surface area (Å²) in [7, 11) is 3.81. The standard InChI is InChI=1S/C13H18ClN2O/c1-10-15(2)13-9-11(14)5-6-12(13)16(10)7-4-8-17-3/h5-6,9H,4,7-8H2,1-3H3/q+1. The van der Waals surface area contributed by atoms with Crippen molar-refractivity contribution in [1.82, 2.24) is 4.57 Å². The molecule has 4 heteroatoms. The van der Waals surface area contributed by atoms with Gasteiger partial charge in [-0.2, -0.15) is 0 Å². The van der Waals surface area contributed by atoms with Gasteiger partial charge in [-0.25, -0.2) is 9.13 Å². The Kier molecular flexibility index (Phi) is 3.69. The van der Waals surface area contributed by atoms with Crippen molar-refractivity contribution in [3.8, 4) is 0 Å². The largest absolute Gasteiger partial charge is 0.385 e. The molecule has 0 amide bonds. The second-order valence-electron chi connectivity index (χ2n) is 4.24. The van der Waals surface area contributed by atoms with Gasteiger partial charge in [-0.1, -0.05) is 11.6 Å². The molecule has 1 heterocycles. The molecule has 0 unspecified atom stereocenters. The van der Waals surface area contributed by atoms with Crippen molar-refractivity contribution in [2.45, 2.75) is 19.9 Å². The predicted octanol–water partition coefficient (Wildman–Crippen LogP) is 2.46. The quantitative estimate of drug-likeness (QED) is 0.605. The molecular formula is C13H18ClN2O+. The zero-order valence-corrected chi connectivity index (χ0v) is 11.3. The topological polar surface area (TPSA) is 18.0 Å². The van der Waals surface area contributed by atoms with Crippen molar-refractivity contribution in [2.75, 3.05) is 13.7 Å². The Balaban J connectivity index is 2.44. The molecule has 0 fully saturated rings. The fourth-order valence-electron chi connectivity index (χ4n) is 2.17. The number of rotatable bonds is 4. The lowest BCUT2D eigenvalue weighted by Gasteiger charge is -1.99. The van der Waals surface area contributed by atoms with Crippen LogP contribution >= 0.6 is 11.6 Å². The summed E-state index contributed by atoms with van der Waals surface area (Å²) in [6.45, 7) is 3.88. The van der Waals surface area contributed by atoms with E-state index in [-0.39, 0.29) is 0 Å². The predicted molar refractivity (Wildman–Crippen MR) is 69.4 cm³/mol. The molecule has 0 aliphatic heterocycles. The molecule has 2 aromatic rings. The van der Waals surface area contributed by atoms with Gasteiger partial charge in [0.1, 0.15) is 0 Å². The van der Waals surface area contributed by atoms with Gasteiger partial charge in [0.15, 0.2) is 11.0 Å². The lowest BCUT2D eigenvalue weighted by atomic mass is 10.3. The summed E-state index contributed by atoms with van der Waals surface area (Å²) in [5, 5.41) is 0.780. The normalized spacial score (nSPS) is 11.3. The summed E-state index contributed by atoms with van der Waals surface area (Å²) in [6.07, 6.45) is 1.02. The SMILES string of the molecule is COCCC[n+]1c(C)n(C)c2cc(Cl)ccc21. The van der Waals surface area contributed by atoms with Crippen LogP contribution in [0, 0.1) is 6.92 Å². The summed E-state index contributed by atoms with van der Waals surface area (Å²) >= 11 is 6.04. The molecule has 0 aliphatic rings. The van der Waals surface area contributed by atoms with Crippen molar-refractivity contribution in [3.05, 3.63) is 29.0 Å². The smallest absolute Gasteiger partial charge is 0.253 e. The third-order valence-electron chi connectivity index (χ3n) is 3.20. The van der Waals surface area contributed by atoms with Crippen LogP contribution in [0.4, 0.5) is 0 Å². The van der Waals surface area contributed by atoms with Crippen molar-refractivity contribution in [1.29, 1.82) is 0 Å². The number of halogens is 1. The van der Waals surface area contributed by atoms with Crippen LogP contribution in [0.5, 0.6) is 0 Å². The zero-order chi connectivity index (χ0) is 12.4. The van der Waals surface area contributed by atoms with Gasteiger partial charge in [-0.15, -0.1) is 0 Å². The van der Waals surface area contributed by atoms with Crippen molar-refractivity contribution < 1.29 is 9.30 Å². The number of aryl methyl sites for hydroxylation is 2. The van der Waals surface area contributed by atoms with Gasteiger partial charge in [0, 0.05) is 38.2 Å². The van der Waals surface area contributed by atoms with Gasteiger partial charge in [-0.3, -0.25) is 0 Å². The molecule has 0 aliphatic carbocycles. The molecule has 3 nitrogen and oxygen atoms in total. The van der Waals surface area contributed by atoms with E-state index < -0.39 is 0 Å². The monoisotopic (exact) mass is 253 g/mol. The molecule has 1 aromatic heterocycles. The average molecular weight is 254 g/mol. The molecule has 1 aromatic carbocycles. The maximum absolute atomic E-state index is 6.04. The highest BCUT2D eigenvalue weighted by Gasteiger charge is 2.18. The van der Waals surface area contributed by atoms with Crippen LogP contribution < -0.4 is 4.57 Å². The summed E-state index contributed by atoms with van der Waals surface area (Å²) in [4.78, 5) is 0. The Morgan fingerprint density at radius 2 is 2.18 bits per heavy atom. The number of nitrogens with zero attached hydrogens (tertiary/aromatic N) is 2. The van der Waals surface area contributed by atoms with Crippen molar-refractivity contribution in [3.63, 3.8) is 0 Å². The molecule has 0 saturated heterocycles. The number of imidazole rings is 1. The van der Waals surface area contributed by atoms with Crippen molar-refractivity contribution >= 4 is 22.6 Å². The second-order valence-corrected chi connectivity index (χ2v) is 4.67. The third-order valence-corrected chi connectivity index (χ3v) is 3.43. The molecule has 0 bridgehead atoms. The first-order valence-corrected chi connectivity index (χ1v) is 6.16. The molecule has 0 spiro atoms. The molecular weight excluding hydrogens is 236 g/mol. The van der Waals surface area contributed by atoms with Crippen LogP contribution in [0.25, 0.3) is 11.0 Å². The minimum atomic E-state index is 0.780. The Morgan fingerprint density at radius 3 is 2.88 bits per heavy atom. The fraction of sp³-hybridized carbons (Fsp3) is 0.462. The highest BCUT2D eigenvalue weighted by Crippen LogP contribution is 2.18. The zero-order valence-electron chi connectivity index (χ0n) is 10.5. The number of methoxy groups -OCH3 is 1. The Bertz CT molecular complexity index is 534. The number of hydrogen-bond donors (Lipinski definition) is 0. The molecule has 0 atom stereocenters. The van der Waals surface area contributed by atoms with E-state index in [0.29, 0.717) is 0 Å². The molecule has 0 radical (unpaired) electrons. The highest BCUT2D eigenvalue weighted by atomic mass is 35.5.